The van der Waals surface area contributed by atoms with E-state index in [1.165, 1.54) is 0 Å². The molecule has 1 atom stereocenters. The summed E-state index contributed by atoms with van der Waals surface area (Å²) in [5.41, 5.74) is 2.63. The van der Waals surface area contributed by atoms with Gasteiger partial charge in [0.1, 0.15) is 0 Å². The summed E-state index contributed by atoms with van der Waals surface area (Å²) in [4.78, 5) is 11.0. The molecule has 0 aliphatic carbocycles. The Labute approximate surface area is 111 Å². The van der Waals surface area contributed by atoms with Crippen LogP contribution in [-0.4, -0.2) is 11.1 Å². The highest BCUT2D eigenvalue weighted by molar-refractivity contribution is 6.33. The lowest BCUT2D eigenvalue weighted by Crippen LogP contribution is -2.07. The first-order chi connectivity index (χ1) is 8.59. The van der Waals surface area contributed by atoms with E-state index in [1.54, 1.807) is 6.92 Å². The van der Waals surface area contributed by atoms with Crippen LogP contribution in [0.5, 0.6) is 0 Å². The molecule has 1 unspecified atom stereocenters. The van der Waals surface area contributed by atoms with Gasteiger partial charge in [-0.1, -0.05) is 54.1 Å². The zero-order valence-corrected chi connectivity index (χ0v) is 10.7. The molecule has 2 aromatic rings. The van der Waals surface area contributed by atoms with Crippen molar-refractivity contribution in [3.05, 3.63) is 59.1 Å². The van der Waals surface area contributed by atoms with Gasteiger partial charge in [-0.05, 0) is 24.1 Å². The van der Waals surface area contributed by atoms with Crippen LogP contribution in [-0.2, 0) is 4.79 Å². The maximum atomic E-state index is 11.0. The quantitative estimate of drug-likeness (QED) is 0.898. The van der Waals surface area contributed by atoms with E-state index in [4.69, 9.17) is 16.7 Å². The van der Waals surface area contributed by atoms with Crippen molar-refractivity contribution < 1.29 is 9.90 Å². The number of hydrogen-bond donors (Lipinski definition) is 1. The molecule has 2 aromatic carbocycles. The second-order valence-corrected chi connectivity index (χ2v) is 4.57. The molecule has 2 nitrogen and oxygen atoms in total. The second kappa shape index (κ2) is 5.23. The topological polar surface area (TPSA) is 37.3 Å². The predicted molar refractivity (Wildman–Crippen MR) is 72.9 cm³/mol. The summed E-state index contributed by atoms with van der Waals surface area (Å²) >= 11 is 6.14. The van der Waals surface area contributed by atoms with E-state index in [-0.39, 0.29) is 0 Å². The van der Waals surface area contributed by atoms with Crippen molar-refractivity contribution in [2.45, 2.75) is 12.8 Å². The van der Waals surface area contributed by atoms with Gasteiger partial charge in [0.2, 0.25) is 0 Å². The zero-order valence-electron chi connectivity index (χ0n) is 9.93. The third-order valence-corrected chi connectivity index (χ3v) is 3.27. The van der Waals surface area contributed by atoms with E-state index in [1.807, 2.05) is 48.5 Å². The van der Waals surface area contributed by atoms with Crippen molar-refractivity contribution in [1.29, 1.82) is 0 Å². The van der Waals surface area contributed by atoms with Gasteiger partial charge in [0.05, 0.1) is 5.92 Å². The minimum atomic E-state index is -0.827. The number of hydrogen-bond acceptors (Lipinski definition) is 1. The van der Waals surface area contributed by atoms with Crippen LogP contribution in [0.1, 0.15) is 18.4 Å². The third kappa shape index (κ3) is 2.54. The van der Waals surface area contributed by atoms with Gasteiger partial charge in [-0.3, -0.25) is 4.79 Å². The summed E-state index contributed by atoms with van der Waals surface area (Å²) in [6, 6.07) is 15.0. The average Bonchev–Trinajstić information content (AvgIpc) is 2.38. The molecule has 0 radical (unpaired) electrons. The Morgan fingerprint density at radius 1 is 1.17 bits per heavy atom. The summed E-state index contributed by atoms with van der Waals surface area (Å²) < 4.78 is 0. The number of aliphatic carboxylic acids is 1. The molecule has 0 aliphatic heterocycles. The molecule has 0 aromatic heterocycles. The lowest BCUT2D eigenvalue weighted by atomic mass is 9.96. The van der Waals surface area contributed by atoms with Crippen molar-refractivity contribution in [3.63, 3.8) is 0 Å². The number of benzene rings is 2. The number of carbonyl (C=O) groups is 1. The monoisotopic (exact) mass is 260 g/mol. The second-order valence-electron chi connectivity index (χ2n) is 4.17. The first kappa shape index (κ1) is 12.7. The molecule has 0 bridgehead atoms. The highest BCUT2D eigenvalue weighted by atomic mass is 35.5. The maximum Gasteiger partial charge on any atom is 0.310 e. The van der Waals surface area contributed by atoms with Crippen LogP contribution in [0.25, 0.3) is 11.1 Å². The van der Waals surface area contributed by atoms with Gasteiger partial charge < -0.3 is 5.11 Å². The van der Waals surface area contributed by atoms with Gasteiger partial charge in [0.25, 0.3) is 0 Å². The third-order valence-electron chi connectivity index (χ3n) is 2.94. The van der Waals surface area contributed by atoms with Crippen molar-refractivity contribution in [2.75, 3.05) is 0 Å². The summed E-state index contributed by atoms with van der Waals surface area (Å²) in [7, 11) is 0. The van der Waals surface area contributed by atoms with Gasteiger partial charge in [0, 0.05) is 10.6 Å². The van der Waals surface area contributed by atoms with Gasteiger partial charge in [-0.15, -0.1) is 0 Å². The van der Waals surface area contributed by atoms with Crippen LogP contribution < -0.4 is 0 Å². The van der Waals surface area contributed by atoms with E-state index < -0.39 is 11.9 Å². The molecule has 0 spiro atoms. The number of halogens is 1. The standard InChI is InChI=1S/C15H13ClO2/c1-10(15(17)18)11-5-4-6-12(9-11)13-7-2-3-8-14(13)16/h2-10H,1H3,(H,17,18). The van der Waals surface area contributed by atoms with Crippen LogP contribution in [0.3, 0.4) is 0 Å². The Morgan fingerprint density at radius 3 is 2.56 bits per heavy atom. The maximum absolute atomic E-state index is 11.0. The van der Waals surface area contributed by atoms with E-state index in [9.17, 15) is 4.79 Å². The van der Waals surface area contributed by atoms with Crippen molar-refractivity contribution in [3.8, 4) is 11.1 Å². The normalized spacial score (nSPS) is 12.1. The van der Waals surface area contributed by atoms with E-state index in [2.05, 4.69) is 0 Å². The van der Waals surface area contributed by atoms with Crippen molar-refractivity contribution in [1.82, 2.24) is 0 Å². The smallest absolute Gasteiger partial charge is 0.310 e. The van der Waals surface area contributed by atoms with E-state index in [0.29, 0.717) is 5.02 Å². The Hall–Kier alpha value is -1.80. The van der Waals surface area contributed by atoms with Gasteiger partial charge >= 0.3 is 5.97 Å². The Balaban J connectivity index is 2.45. The summed E-state index contributed by atoms with van der Waals surface area (Å²) in [5, 5.41) is 9.69. The Bertz CT molecular complexity index is 578. The zero-order chi connectivity index (χ0) is 13.1. The Kier molecular flexibility index (Phi) is 3.68. The molecular formula is C15H13ClO2. The fourth-order valence-electron chi connectivity index (χ4n) is 1.81. The molecule has 0 saturated heterocycles. The molecular weight excluding hydrogens is 248 g/mol. The minimum absolute atomic E-state index is 0.521. The average molecular weight is 261 g/mol. The lowest BCUT2D eigenvalue weighted by molar-refractivity contribution is -0.138. The van der Waals surface area contributed by atoms with Crippen LogP contribution in [0.2, 0.25) is 5.02 Å². The lowest BCUT2D eigenvalue weighted by Gasteiger charge is -2.10. The fourth-order valence-corrected chi connectivity index (χ4v) is 2.06. The van der Waals surface area contributed by atoms with Gasteiger partial charge in [-0.25, -0.2) is 0 Å². The largest absolute Gasteiger partial charge is 0.481 e. The van der Waals surface area contributed by atoms with Crippen molar-refractivity contribution in [2.24, 2.45) is 0 Å². The molecule has 3 heteroatoms. The van der Waals surface area contributed by atoms with Crippen molar-refractivity contribution >= 4 is 17.6 Å². The van der Waals surface area contributed by atoms with Crippen LogP contribution in [0, 0.1) is 0 Å². The SMILES string of the molecule is CC(C(=O)O)c1cccc(-c2ccccc2Cl)c1. The molecule has 18 heavy (non-hydrogen) atoms. The fraction of sp³-hybridized carbons (Fsp3) is 0.133. The van der Waals surface area contributed by atoms with Gasteiger partial charge in [-0.2, -0.15) is 0 Å². The molecule has 0 saturated carbocycles. The summed E-state index contributed by atoms with van der Waals surface area (Å²) in [5.74, 6) is -1.35. The van der Waals surface area contributed by atoms with Crippen LogP contribution in [0.4, 0.5) is 0 Å². The molecule has 0 heterocycles. The minimum Gasteiger partial charge on any atom is -0.481 e. The number of carboxylic acids is 1. The Morgan fingerprint density at radius 2 is 1.89 bits per heavy atom. The highest BCUT2D eigenvalue weighted by Gasteiger charge is 2.14. The number of rotatable bonds is 3. The van der Waals surface area contributed by atoms with Crippen LogP contribution in [0.15, 0.2) is 48.5 Å². The first-order valence-corrected chi connectivity index (χ1v) is 6.05. The highest BCUT2D eigenvalue weighted by Crippen LogP contribution is 2.29. The molecule has 0 amide bonds. The molecule has 1 N–H and O–H groups in total. The van der Waals surface area contributed by atoms with Crippen LogP contribution >= 0.6 is 11.6 Å². The summed E-state index contributed by atoms with van der Waals surface area (Å²) in [6.07, 6.45) is 0. The molecule has 0 aliphatic rings. The first-order valence-electron chi connectivity index (χ1n) is 5.67. The molecule has 0 fully saturated rings. The van der Waals surface area contributed by atoms with E-state index >= 15 is 0 Å². The summed E-state index contributed by atoms with van der Waals surface area (Å²) in [6.45, 7) is 1.67. The number of carboxylic acid groups (broad SMARTS) is 1. The van der Waals surface area contributed by atoms with Gasteiger partial charge in [0.15, 0.2) is 0 Å². The predicted octanol–water partition coefficient (Wildman–Crippen LogP) is 4.20. The van der Waals surface area contributed by atoms with E-state index in [0.717, 1.165) is 16.7 Å². The molecule has 92 valence electrons. The molecule has 2 rings (SSSR count).